The average molecular weight is 342 g/mol. The SMILES string of the molecule is Nc1nc(SCCc2ccncc2)nc2sc3c(c12)CCCC3. The Labute approximate surface area is 143 Å². The third-order valence-corrected chi connectivity index (χ3v) is 6.23. The number of aryl methyl sites for hydroxylation is 3. The number of nitrogens with zero attached hydrogens (tertiary/aromatic N) is 3. The molecule has 0 spiro atoms. The minimum Gasteiger partial charge on any atom is -0.383 e. The quantitative estimate of drug-likeness (QED) is 0.576. The Balaban J connectivity index is 1.54. The van der Waals surface area contributed by atoms with Gasteiger partial charge in [0.15, 0.2) is 5.16 Å². The number of thiophene rings is 1. The van der Waals surface area contributed by atoms with E-state index in [-0.39, 0.29) is 0 Å². The number of thioether (sulfide) groups is 1. The van der Waals surface area contributed by atoms with Crippen LogP contribution in [0.15, 0.2) is 29.7 Å². The maximum absolute atomic E-state index is 6.24. The Morgan fingerprint density at radius 1 is 1.13 bits per heavy atom. The zero-order valence-electron chi connectivity index (χ0n) is 12.8. The molecule has 0 atom stereocenters. The highest BCUT2D eigenvalue weighted by Gasteiger charge is 2.20. The molecule has 1 aliphatic rings. The van der Waals surface area contributed by atoms with Crippen molar-refractivity contribution in [1.82, 2.24) is 15.0 Å². The number of hydrogen-bond acceptors (Lipinski definition) is 6. The summed E-state index contributed by atoms with van der Waals surface area (Å²) in [7, 11) is 0. The first-order chi connectivity index (χ1) is 11.3. The molecule has 0 saturated carbocycles. The molecule has 118 valence electrons. The van der Waals surface area contributed by atoms with Crippen LogP contribution >= 0.6 is 23.1 Å². The molecule has 0 fully saturated rings. The Bertz CT molecular complexity index is 829. The Morgan fingerprint density at radius 3 is 2.83 bits per heavy atom. The van der Waals surface area contributed by atoms with Crippen molar-refractivity contribution in [2.24, 2.45) is 0 Å². The van der Waals surface area contributed by atoms with Crippen molar-refractivity contribution >= 4 is 39.1 Å². The predicted octanol–water partition coefficient (Wildman–Crippen LogP) is 3.88. The van der Waals surface area contributed by atoms with Crippen LogP contribution in [0.4, 0.5) is 5.82 Å². The first kappa shape index (κ1) is 14.9. The Kier molecular flexibility index (Phi) is 4.18. The summed E-state index contributed by atoms with van der Waals surface area (Å²) in [5.41, 5.74) is 8.93. The molecule has 0 radical (unpaired) electrons. The fraction of sp³-hybridized carbons (Fsp3) is 0.353. The van der Waals surface area contributed by atoms with Gasteiger partial charge in [-0.2, -0.15) is 0 Å². The lowest BCUT2D eigenvalue weighted by atomic mass is 9.97. The molecule has 6 heteroatoms. The van der Waals surface area contributed by atoms with Gasteiger partial charge < -0.3 is 5.73 Å². The summed E-state index contributed by atoms with van der Waals surface area (Å²) in [6.45, 7) is 0. The minimum absolute atomic E-state index is 0.654. The van der Waals surface area contributed by atoms with Gasteiger partial charge in [-0.15, -0.1) is 11.3 Å². The minimum atomic E-state index is 0.654. The summed E-state index contributed by atoms with van der Waals surface area (Å²) in [5.74, 6) is 1.60. The number of rotatable bonds is 4. The second kappa shape index (κ2) is 6.45. The van der Waals surface area contributed by atoms with Gasteiger partial charge >= 0.3 is 0 Å². The number of pyridine rings is 1. The number of nitrogens with two attached hydrogens (primary N) is 1. The van der Waals surface area contributed by atoms with Crippen LogP contribution in [-0.2, 0) is 19.3 Å². The van der Waals surface area contributed by atoms with Crippen molar-refractivity contribution in [2.45, 2.75) is 37.3 Å². The van der Waals surface area contributed by atoms with Gasteiger partial charge in [0.25, 0.3) is 0 Å². The lowest BCUT2D eigenvalue weighted by molar-refractivity contribution is 0.700. The molecule has 2 N–H and O–H groups in total. The second-order valence-corrected chi connectivity index (χ2v) is 7.88. The molecule has 23 heavy (non-hydrogen) atoms. The smallest absolute Gasteiger partial charge is 0.190 e. The van der Waals surface area contributed by atoms with Crippen LogP contribution < -0.4 is 5.73 Å². The third kappa shape index (κ3) is 3.05. The van der Waals surface area contributed by atoms with E-state index < -0.39 is 0 Å². The van der Waals surface area contributed by atoms with E-state index >= 15 is 0 Å². The molecule has 0 bridgehead atoms. The summed E-state index contributed by atoms with van der Waals surface area (Å²) < 4.78 is 0. The van der Waals surface area contributed by atoms with E-state index in [9.17, 15) is 0 Å². The summed E-state index contributed by atoms with van der Waals surface area (Å²) in [6, 6.07) is 4.10. The first-order valence-electron chi connectivity index (χ1n) is 7.91. The lowest BCUT2D eigenvalue weighted by Crippen LogP contribution is -2.01. The van der Waals surface area contributed by atoms with E-state index in [4.69, 9.17) is 10.7 Å². The Hall–Kier alpha value is -1.66. The highest BCUT2D eigenvalue weighted by molar-refractivity contribution is 7.99. The highest BCUT2D eigenvalue weighted by Crippen LogP contribution is 2.38. The Morgan fingerprint density at radius 2 is 1.96 bits per heavy atom. The summed E-state index contributed by atoms with van der Waals surface area (Å²) in [5, 5.41) is 1.91. The summed E-state index contributed by atoms with van der Waals surface area (Å²) in [4.78, 5) is 15.9. The zero-order chi connectivity index (χ0) is 15.6. The van der Waals surface area contributed by atoms with E-state index in [0.717, 1.165) is 34.0 Å². The predicted molar refractivity (Wildman–Crippen MR) is 97.1 cm³/mol. The van der Waals surface area contributed by atoms with Crippen LogP contribution in [0.5, 0.6) is 0 Å². The number of hydrogen-bond donors (Lipinski definition) is 1. The molecule has 0 saturated heterocycles. The zero-order valence-corrected chi connectivity index (χ0v) is 14.4. The molecule has 0 aromatic carbocycles. The van der Waals surface area contributed by atoms with Crippen LogP contribution in [-0.4, -0.2) is 20.7 Å². The second-order valence-electron chi connectivity index (χ2n) is 5.74. The van der Waals surface area contributed by atoms with Gasteiger partial charge in [-0.25, -0.2) is 9.97 Å². The van der Waals surface area contributed by atoms with Crippen molar-refractivity contribution in [1.29, 1.82) is 0 Å². The van der Waals surface area contributed by atoms with Crippen molar-refractivity contribution in [3.63, 3.8) is 0 Å². The molecule has 1 aliphatic carbocycles. The molecule has 4 nitrogen and oxygen atoms in total. The van der Waals surface area contributed by atoms with Gasteiger partial charge in [0.2, 0.25) is 0 Å². The normalized spacial score (nSPS) is 14.1. The maximum atomic E-state index is 6.24. The lowest BCUT2D eigenvalue weighted by Gasteiger charge is -2.10. The van der Waals surface area contributed by atoms with Crippen molar-refractivity contribution in [3.8, 4) is 0 Å². The van der Waals surface area contributed by atoms with Crippen molar-refractivity contribution < 1.29 is 0 Å². The average Bonchev–Trinajstić information content (AvgIpc) is 2.94. The van der Waals surface area contributed by atoms with E-state index in [2.05, 4.69) is 9.97 Å². The van der Waals surface area contributed by atoms with E-state index in [1.54, 1.807) is 23.1 Å². The number of fused-ring (bicyclic) bond motifs is 3. The van der Waals surface area contributed by atoms with Crippen LogP contribution in [0.1, 0.15) is 28.8 Å². The monoisotopic (exact) mass is 342 g/mol. The van der Waals surface area contributed by atoms with E-state index in [1.165, 1.54) is 35.3 Å². The molecule has 4 rings (SSSR count). The largest absolute Gasteiger partial charge is 0.383 e. The molecule has 0 aliphatic heterocycles. The number of anilines is 1. The summed E-state index contributed by atoms with van der Waals surface area (Å²) in [6.07, 6.45) is 9.46. The molecular formula is C17H18N4S2. The fourth-order valence-electron chi connectivity index (χ4n) is 3.04. The van der Waals surface area contributed by atoms with Crippen LogP contribution in [0.25, 0.3) is 10.2 Å². The topological polar surface area (TPSA) is 64.7 Å². The maximum Gasteiger partial charge on any atom is 0.190 e. The third-order valence-electron chi connectivity index (χ3n) is 4.19. The highest BCUT2D eigenvalue weighted by atomic mass is 32.2. The molecule has 0 amide bonds. The first-order valence-corrected chi connectivity index (χ1v) is 9.71. The van der Waals surface area contributed by atoms with Gasteiger partial charge in [0, 0.05) is 23.0 Å². The summed E-state index contributed by atoms with van der Waals surface area (Å²) >= 11 is 3.48. The fourth-order valence-corrected chi connectivity index (χ4v) is 5.21. The van der Waals surface area contributed by atoms with Gasteiger partial charge in [-0.05, 0) is 55.4 Å². The molecule has 0 unspecified atom stereocenters. The van der Waals surface area contributed by atoms with Crippen molar-refractivity contribution in [3.05, 3.63) is 40.5 Å². The van der Waals surface area contributed by atoms with E-state index in [1.807, 2.05) is 24.5 Å². The van der Waals surface area contributed by atoms with E-state index in [0.29, 0.717) is 5.82 Å². The molecule has 3 heterocycles. The van der Waals surface area contributed by atoms with Gasteiger partial charge in [0.05, 0.1) is 5.39 Å². The molecule has 3 aromatic heterocycles. The van der Waals surface area contributed by atoms with Crippen LogP contribution in [0.3, 0.4) is 0 Å². The van der Waals surface area contributed by atoms with Gasteiger partial charge in [0.1, 0.15) is 10.6 Å². The van der Waals surface area contributed by atoms with Gasteiger partial charge in [-0.3, -0.25) is 4.98 Å². The molecular weight excluding hydrogens is 324 g/mol. The standard InChI is InChI=1S/C17H18N4S2/c18-15-14-12-3-1-2-4-13(12)23-16(14)21-17(20-15)22-10-7-11-5-8-19-9-6-11/h5-6,8-9H,1-4,7,10H2,(H2,18,20,21). The number of nitrogen functional groups attached to an aromatic ring is 1. The van der Waals surface area contributed by atoms with Crippen LogP contribution in [0.2, 0.25) is 0 Å². The van der Waals surface area contributed by atoms with Gasteiger partial charge in [-0.1, -0.05) is 11.8 Å². The van der Waals surface area contributed by atoms with Crippen molar-refractivity contribution in [2.75, 3.05) is 11.5 Å². The van der Waals surface area contributed by atoms with Crippen LogP contribution in [0, 0.1) is 0 Å². The molecule has 3 aromatic rings. The number of aromatic nitrogens is 3.